The van der Waals surface area contributed by atoms with Crippen LogP contribution in [0.2, 0.25) is 0 Å². The number of hydrogen-bond donors (Lipinski definition) is 2. The number of carboxylic acid groups (broad SMARTS) is 1. The van der Waals surface area contributed by atoms with Gasteiger partial charge >= 0.3 is 5.97 Å². The Labute approximate surface area is 200 Å². The highest BCUT2D eigenvalue weighted by atomic mass is 79.9. The van der Waals surface area contributed by atoms with Crippen LogP contribution in [0.15, 0.2) is 77.3 Å². The maximum atomic E-state index is 13.5. The molecule has 1 atom stereocenters. The Hall–Kier alpha value is -3.51. The molecule has 0 saturated heterocycles. The first kappa shape index (κ1) is 22.7. The summed E-state index contributed by atoms with van der Waals surface area (Å²) >= 11 is 3.49. The summed E-state index contributed by atoms with van der Waals surface area (Å²) in [5.41, 5.74) is 5.20. The number of aromatic nitrogens is 1. The molecule has 1 heterocycles. The van der Waals surface area contributed by atoms with Gasteiger partial charge in [0.2, 0.25) is 0 Å². The molecule has 1 amide bonds. The number of aliphatic carboxylic acids is 1. The van der Waals surface area contributed by atoms with E-state index < -0.39 is 11.9 Å². The predicted octanol–water partition coefficient (Wildman–Crippen LogP) is 5.88. The second kappa shape index (κ2) is 9.55. The van der Waals surface area contributed by atoms with Gasteiger partial charge in [0, 0.05) is 22.0 Å². The summed E-state index contributed by atoms with van der Waals surface area (Å²) in [7, 11) is 0. The third-order valence-electron chi connectivity index (χ3n) is 5.67. The number of nitrogens with one attached hydrogen (secondary N) is 1. The highest BCUT2D eigenvalue weighted by Gasteiger charge is 2.24. The van der Waals surface area contributed by atoms with Gasteiger partial charge in [-0.25, -0.2) is 4.98 Å². The number of pyridine rings is 1. The number of nitrogens with zero attached hydrogens (tertiary/aromatic N) is 1. The average Bonchev–Trinajstić information content (AvgIpc) is 2.79. The van der Waals surface area contributed by atoms with E-state index in [0.29, 0.717) is 22.0 Å². The van der Waals surface area contributed by atoms with Crippen molar-refractivity contribution in [3.63, 3.8) is 0 Å². The lowest BCUT2D eigenvalue weighted by atomic mass is 9.95. The largest absolute Gasteiger partial charge is 0.481 e. The van der Waals surface area contributed by atoms with Crippen molar-refractivity contribution < 1.29 is 14.7 Å². The maximum Gasteiger partial charge on any atom is 0.312 e. The summed E-state index contributed by atoms with van der Waals surface area (Å²) in [4.78, 5) is 30.2. The first-order chi connectivity index (χ1) is 15.8. The van der Waals surface area contributed by atoms with Gasteiger partial charge in [0.1, 0.15) is 0 Å². The Balaban J connectivity index is 1.74. The van der Waals surface area contributed by atoms with Gasteiger partial charge in [0.05, 0.1) is 22.7 Å². The van der Waals surface area contributed by atoms with Crippen molar-refractivity contribution in [3.05, 3.63) is 99.5 Å². The number of benzene rings is 3. The van der Waals surface area contributed by atoms with Crippen LogP contribution in [0.3, 0.4) is 0 Å². The fraction of sp³-hybridized carbons (Fsp3) is 0.148. The Morgan fingerprint density at radius 3 is 2.45 bits per heavy atom. The molecule has 166 valence electrons. The summed E-state index contributed by atoms with van der Waals surface area (Å²) in [6.45, 7) is 3.77. The molecule has 6 heteroatoms. The van der Waals surface area contributed by atoms with E-state index in [0.717, 1.165) is 26.9 Å². The molecule has 0 spiro atoms. The van der Waals surface area contributed by atoms with Crippen molar-refractivity contribution in [2.24, 2.45) is 0 Å². The van der Waals surface area contributed by atoms with Gasteiger partial charge in [-0.15, -0.1) is 0 Å². The molecule has 3 aromatic carbocycles. The minimum atomic E-state index is -0.982. The molecular formula is C27H23BrN2O3. The molecule has 0 aliphatic carbocycles. The van der Waals surface area contributed by atoms with Crippen LogP contribution in [0.1, 0.15) is 33.0 Å². The standard InChI is InChI=1S/C27H23BrN2O3/c1-16-7-6-10-19(13-16)22(27(32)33)15-29-26(31)24-17(2)25(18-8-4-3-5-9-18)30-23-12-11-20(28)14-21(23)24/h3-14,22H,15H2,1-2H3,(H,29,31)(H,32,33)/t22-/m0/s1. The lowest BCUT2D eigenvalue weighted by molar-refractivity contribution is -0.138. The molecule has 5 nitrogen and oxygen atoms in total. The monoisotopic (exact) mass is 502 g/mol. The van der Waals surface area contributed by atoms with E-state index in [-0.39, 0.29) is 12.5 Å². The Morgan fingerprint density at radius 2 is 1.76 bits per heavy atom. The van der Waals surface area contributed by atoms with Gasteiger partial charge in [0.15, 0.2) is 0 Å². The Bertz CT molecular complexity index is 1350. The number of hydrogen-bond acceptors (Lipinski definition) is 3. The first-order valence-corrected chi connectivity index (χ1v) is 11.4. The molecule has 0 saturated carbocycles. The van der Waals surface area contributed by atoms with Crippen LogP contribution in [0, 0.1) is 13.8 Å². The fourth-order valence-corrected chi connectivity index (χ4v) is 4.38. The normalized spacial score (nSPS) is 11.8. The molecule has 0 fully saturated rings. The van der Waals surface area contributed by atoms with Crippen LogP contribution < -0.4 is 5.32 Å². The van der Waals surface area contributed by atoms with Gasteiger partial charge in [-0.3, -0.25) is 9.59 Å². The van der Waals surface area contributed by atoms with Gasteiger partial charge < -0.3 is 10.4 Å². The first-order valence-electron chi connectivity index (χ1n) is 10.6. The van der Waals surface area contributed by atoms with Crippen molar-refractivity contribution in [3.8, 4) is 11.3 Å². The number of aryl methyl sites for hydroxylation is 1. The molecule has 0 unspecified atom stereocenters. The number of carbonyl (C=O) groups is 2. The highest BCUT2D eigenvalue weighted by molar-refractivity contribution is 9.10. The van der Waals surface area contributed by atoms with E-state index in [1.54, 1.807) is 6.07 Å². The maximum absolute atomic E-state index is 13.5. The molecule has 4 aromatic rings. The van der Waals surface area contributed by atoms with Gasteiger partial charge in [-0.2, -0.15) is 0 Å². The molecule has 0 radical (unpaired) electrons. The number of carboxylic acids is 1. The number of rotatable bonds is 6. The average molecular weight is 503 g/mol. The topological polar surface area (TPSA) is 79.3 Å². The van der Waals surface area contributed by atoms with Crippen LogP contribution in [-0.4, -0.2) is 28.5 Å². The second-order valence-electron chi connectivity index (χ2n) is 8.00. The molecule has 2 N–H and O–H groups in total. The van der Waals surface area contributed by atoms with Crippen molar-refractivity contribution in [2.45, 2.75) is 19.8 Å². The molecule has 4 rings (SSSR count). The number of carbonyl (C=O) groups excluding carboxylic acids is 1. The van der Waals surface area contributed by atoms with Crippen LogP contribution >= 0.6 is 15.9 Å². The van der Waals surface area contributed by atoms with Crippen LogP contribution in [-0.2, 0) is 4.79 Å². The third kappa shape index (κ3) is 4.81. The number of amides is 1. The molecular weight excluding hydrogens is 480 g/mol. The molecule has 1 aromatic heterocycles. The van der Waals surface area contributed by atoms with E-state index in [2.05, 4.69) is 21.2 Å². The molecule has 0 aliphatic heterocycles. The molecule has 33 heavy (non-hydrogen) atoms. The Morgan fingerprint density at radius 1 is 1.00 bits per heavy atom. The minimum absolute atomic E-state index is 0.0183. The molecule has 0 aliphatic rings. The van der Waals surface area contributed by atoms with Gasteiger partial charge in [-0.1, -0.05) is 76.1 Å². The van der Waals surface area contributed by atoms with E-state index in [4.69, 9.17) is 4.98 Å². The van der Waals surface area contributed by atoms with E-state index >= 15 is 0 Å². The fourth-order valence-electron chi connectivity index (χ4n) is 4.02. The smallest absolute Gasteiger partial charge is 0.312 e. The zero-order valence-corrected chi connectivity index (χ0v) is 19.9. The van der Waals surface area contributed by atoms with Crippen LogP contribution in [0.4, 0.5) is 0 Å². The van der Waals surface area contributed by atoms with Crippen molar-refractivity contribution in [1.29, 1.82) is 0 Å². The zero-order chi connectivity index (χ0) is 23.5. The summed E-state index contributed by atoms with van der Waals surface area (Å²) in [6.07, 6.45) is 0. The summed E-state index contributed by atoms with van der Waals surface area (Å²) in [6, 6.07) is 22.7. The third-order valence-corrected chi connectivity index (χ3v) is 6.17. The van der Waals surface area contributed by atoms with Crippen LogP contribution in [0.25, 0.3) is 22.2 Å². The number of halogens is 1. The quantitative estimate of drug-likeness (QED) is 0.345. The highest BCUT2D eigenvalue weighted by Crippen LogP contribution is 2.31. The second-order valence-corrected chi connectivity index (χ2v) is 8.92. The van der Waals surface area contributed by atoms with E-state index in [1.165, 1.54) is 0 Å². The number of fused-ring (bicyclic) bond motifs is 1. The van der Waals surface area contributed by atoms with E-state index in [9.17, 15) is 14.7 Å². The summed E-state index contributed by atoms with van der Waals surface area (Å²) in [5.74, 6) is -2.15. The van der Waals surface area contributed by atoms with Gasteiger partial charge in [-0.05, 0) is 43.2 Å². The summed E-state index contributed by atoms with van der Waals surface area (Å²) in [5, 5.41) is 13.4. The predicted molar refractivity (Wildman–Crippen MR) is 134 cm³/mol. The zero-order valence-electron chi connectivity index (χ0n) is 18.3. The van der Waals surface area contributed by atoms with Crippen molar-refractivity contribution >= 4 is 38.7 Å². The lowest BCUT2D eigenvalue weighted by Crippen LogP contribution is -2.32. The van der Waals surface area contributed by atoms with Crippen molar-refractivity contribution in [2.75, 3.05) is 6.54 Å². The summed E-state index contributed by atoms with van der Waals surface area (Å²) < 4.78 is 0.834. The van der Waals surface area contributed by atoms with Crippen LogP contribution in [0.5, 0.6) is 0 Å². The lowest BCUT2D eigenvalue weighted by Gasteiger charge is -2.17. The Kier molecular flexibility index (Phi) is 6.56. The minimum Gasteiger partial charge on any atom is -0.481 e. The van der Waals surface area contributed by atoms with Gasteiger partial charge in [0.25, 0.3) is 5.91 Å². The van der Waals surface area contributed by atoms with E-state index in [1.807, 2.05) is 80.6 Å². The molecule has 0 bridgehead atoms. The van der Waals surface area contributed by atoms with Crippen molar-refractivity contribution in [1.82, 2.24) is 10.3 Å². The SMILES string of the molecule is Cc1cccc([C@H](CNC(=O)c2c(C)c(-c3ccccc3)nc3ccc(Br)cc23)C(=O)O)c1.